The van der Waals surface area contributed by atoms with E-state index in [1.54, 1.807) is 7.11 Å². The van der Waals surface area contributed by atoms with Crippen molar-refractivity contribution in [2.45, 2.75) is 20.8 Å². The molecule has 6 heteroatoms. The van der Waals surface area contributed by atoms with Gasteiger partial charge >= 0.3 is 0 Å². The Bertz CT molecular complexity index is 968. The monoisotopic (exact) mass is 362 g/mol. The zero-order valence-corrected chi connectivity index (χ0v) is 15.8. The van der Waals surface area contributed by atoms with Crippen LogP contribution in [-0.2, 0) is 0 Å². The molecule has 2 aromatic carbocycles. The topological polar surface area (TPSA) is 76.1 Å². The Hall–Kier alpha value is -3.41. The molecule has 0 radical (unpaired) electrons. The van der Waals surface area contributed by atoms with Crippen LogP contribution in [0.5, 0.6) is 5.75 Å². The van der Waals surface area contributed by atoms with E-state index in [4.69, 9.17) is 4.74 Å². The Morgan fingerprint density at radius 3 is 2.37 bits per heavy atom. The summed E-state index contributed by atoms with van der Waals surface area (Å²) < 4.78 is 5.28. The molecule has 138 valence electrons. The first-order chi connectivity index (χ1) is 13.0. The molecule has 0 atom stereocenters. The van der Waals surface area contributed by atoms with Crippen LogP contribution >= 0.6 is 0 Å². The third-order valence-corrected chi connectivity index (χ3v) is 4.28. The molecule has 1 aromatic heterocycles. The van der Waals surface area contributed by atoms with Crippen molar-refractivity contribution in [1.29, 1.82) is 0 Å². The highest BCUT2D eigenvalue weighted by Gasteiger charge is 2.11. The summed E-state index contributed by atoms with van der Waals surface area (Å²) in [6.45, 7) is 6.06. The van der Waals surface area contributed by atoms with Gasteiger partial charge in [-0.3, -0.25) is 4.79 Å². The van der Waals surface area contributed by atoms with Crippen LogP contribution in [0.25, 0.3) is 0 Å². The van der Waals surface area contributed by atoms with E-state index in [2.05, 4.69) is 27.5 Å². The molecule has 0 spiro atoms. The summed E-state index contributed by atoms with van der Waals surface area (Å²) in [6, 6.07) is 11.6. The van der Waals surface area contributed by atoms with Gasteiger partial charge in [-0.1, -0.05) is 12.1 Å². The van der Waals surface area contributed by atoms with Gasteiger partial charge in [-0.2, -0.15) is 0 Å². The smallest absolute Gasteiger partial charge is 0.258 e. The van der Waals surface area contributed by atoms with Crippen molar-refractivity contribution in [2.75, 3.05) is 17.7 Å². The van der Waals surface area contributed by atoms with Gasteiger partial charge in [0, 0.05) is 18.1 Å². The summed E-state index contributed by atoms with van der Waals surface area (Å²) in [4.78, 5) is 20.9. The minimum Gasteiger partial charge on any atom is -0.495 e. The second-order valence-corrected chi connectivity index (χ2v) is 6.38. The highest BCUT2D eigenvalue weighted by Crippen LogP contribution is 2.25. The molecule has 3 aromatic rings. The van der Waals surface area contributed by atoms with E-state index in [-0.39, 0.29) is 5.91 Å². The Morgan fingerprint density at radius 1 is 0.963 bits per heavy atom. The van der Waals surface area contributed by atoms with Gasteiger partial charge in [0.15, 0.2) is 0 Å². The lowest BCUT2D eigenvalue weighted by molar-refractivity contribution is 0.102. The van der Waals surface area contributed by atoms with Crippen LogP contribution in [0.3, 0.4) is 0 Å². The minimum atomic E-state index is -0.295. The summed E-state index contributed by atoms with van der Waals surface area (Å²) in [6.07, 6.45) is 2.99. The molecule has 6 nitrogen and oxygen atoms in total. The lowest BCUT2D eigenvalue weighted by atomic mass is 10.1. The van der Waals surface area contributed by atoms with Crippen molar-refractivity contribution in [3.63, 3.8) is 0 Å². The molecule has 0 aliphatic heterocycles. The van der Waals surface area contributed by atoms with Crippen LogP contribution in [-0.4, -0.2) is 23.0 Å². The predicted molar refractivity (Wildman–Crippen MR) is 107 cm³/mol. The molecule has 0 aliphatic rings. The lowest BCUT2D eigenvalue weighted by Crippen LogP contribution is -2.14. The molecule has 0 bridgehead atoms. The van der Waals surface area contributed by atoms with Crippen LogP contribution in [0.1, 0.15) is 27.0 Å². The number of aromatic nitrogens is 2. The molecule has 1 amide bonds. The number of amides is 1. The van der Waals surface area contributed by atoms with Crippen molar-refractivity contribution in [3.8, 4) is 5.75 Å². The number of rotatable bonds is 5. The number of hydrogen-bond donors (Lipinski definition) is 2. The molecular weight excluding hydrogens is 340 g/mol. The Balaban J connectivity index is 1.72. The van der Waals surface area contributed by atoms with Crippen molar-refractivity contribution in [3.05, 3.63) is 71.0 Å². The Morgan fingerprint density at radius 2 is 1.70 bits per heavy atom. The van der Waals surface area contributed by atoms with E-state index in [1.165, 1.54) is 23.5 Å². The number of ether oxygens (including phenoxy) is 1. The van der Waals surface area contributed by atoms with Gasteiger partial charge < -0.3 is 15.4 Å². The molecule has 3 rings (SSSR count). The molecule has 0 aliphatic carbocycles. The number of methoxy groups -OCH3 is 1. The molecule has 0 saturated carbocycles. The van der Waals surface area contributed by atoms with Crippen LogP contribution in [0.15, 0.2) is 48.8 Å². The standard InChI is InChI=1S/C21H22N4O2/c1-13-5-8-19(27-4)18(9-13)25-20(26)16-11-22-21(23-12-16)24-17-7-6-14(2)15(3)10-17/h5-12H,1-4H3,(H,25,26)(H,22,23,24). The van der Waals surface area contributed by atoms with Crippen molar-refractivity contribution < 1.29 is 9.53 Å². The predicted octanol–water partition coefficient (Wildman–Crippen LogP) is 4.41. The highest BCUT2D eigenvalue weighted by molar-refractivity contribution is 6.04. The first-order valence-electron chi connectivity index (χ1n) is 8.58. The normalized spacial score (nSPS) is 10.4. The summed E-state index contributed by atoms with van der Waals surface area (Å²) >= 11 is 0. The number of nitrogens with zero attached hydrogens (tertiary/aromatic N) is 2. The van der Waals surface area contributed by atoms with Crippen LogP contribution in [0.4, 0.5) is 17.3 Å². The quantitative estimate of drug-likeness (QED) is 0.703. The lowest BCUT2D eigenvalue weighted by Gasteiger charge is -2.11. The van der Waals surface area contributed by atoms with E-state index in [0.717, 1.165) is 11.3 Å². The number of hydrogen-bond acceptors (Lipinski definition) is 5. The number of carbonyl (C=O) groups excluding carboxylic acids is 1. The number of anilines is 3. The maximum absolute atomic E-state index is 12.5. The zero-order valence-electron chi connectivity index (χ0n) is 15.8. The third kappa shape index (κ3) is 4.41. The van der Waals surface area contributed by atoms with E-state index >= 15 is 0 Å². The Labute approximate surface area is 158 Å². The second-order valence-electron chi connectivity index (χ2n) is 6.38. The summed E-state index contributed by atoms with van der Waals surface area (Å²) in [5, 5.41) is 5.98. The third-order valence-electron chi connectivity index (χ3n) is 4.28. The van der Waals surface area contributed by atoms with Gasteiger partial charge in [-0.15, -0.1) is 0 Å². The van der Waals surface area contributed by atoms with Crippen LogP contribution < -0.4 is 15.4 Å². The van der Waals surface area contributed by atoms with Gasteiger partial charge in [0.1, 0.15) is 5.75 Å². The Kier molecular flexibility index (Phi) is 5.35. The average Bonchev–Trinajstić information content (AvgIpc) is 2.65. The largest absolute Gasteiger partial charge is 0.495 e. The van der Waals surface area contributed by atoms with Crippen molar-refractivity contribution in [1.82, 2.24) is 9.97 Å². The number of nitrogens with one attached hydrogen (secondary N) is 2. The maximum atomic E-state index is 12.5. The SMILES string of the molecule is COc1ccc(C)cc1NC(=O)c1cnc(Nc2ccc(C)c(C)c2)nc1. The summed E-state index contributed by atoms with van der Waals surface area (Å²) in [5.74, 6) is 0.738. The molecule has 27 heavy (non-hydrogen) atoms. The second kappa shape index (κ2) is 7.86. The number of benzene rings is 2. The van der Waals surface area contributed by atoms with Gasteiger partial charge in [-0.25, -0.2) is 9.97 Å². The zero-order chi connectivity index (χ0) is 19.4. The summed E-state index contributed by atoms with van der Waals surface area (Å²) in [5.41, 5.74) is 5.31. The van der Waals surface area contributed by atoms with Crippen molar-refractivity contribution >= 4 is 23.2 Å². The molecule has 0 fully saturated rings. The van der Waals surface area contributed by atoms with Gasteiger partial charge in [0.2, 0.25) is 5.95 Å². The van der Waals surface area contributed by atoms with E-state index in [9.17, 15) is 4.79 Å². The fourth-order valence-electron chi connectivity index (χ4n) is 2.57. The first kappa shape index (κ1) is 18.4. The van der Waals surface area contributed by atoms with Gasteiger partial charge in [-0.05, 0) is 61.7 Å². The van der Waals surface area contributed by atoms with Crippen molar-refractivity contribution in [2.24, 2.45) is 0 Å². The van der Waals surface area contributed by atoms with E-state index in [1.807, 2.05) is 50.2 Å². The van der Waals surface area contributed by atoms with Gasteiger partial charge in [0.05, 0.1) is 18.4 Å². The minimum absolute atomic E-state index is 0.295. The van der Waals surface area contributed by atoms with Crippen LogP contribution in [0.2, 0.25) is 0 Å². The molecule has 2 N–H and O–H groups in total. The number of carbonyl (C=O) groups is 1. The number of aryl methyl sites for hydroxylation is 3. The fourth-order valence-corrected chi connectivity index (χ4v) is 2.57. The van der Waals surface area contributed by atoms with Crippen LogP contribution in [0, 0.1) is 20.8 Å². The first-order valence-corrected chi connectivity index (χ1v) is 8.58. The van der Waals surface area contributed by atoms with E-state index < -0.39 is 0 Å². The molecular formula is C21H22N4O2. The highest BCUT2D eigenvalue weighted by atomic mass is 16.5. The maximum Gasteiger partial charge on any atom is 0.258 e. The van der Waals surface area contributed by atoms with Gasteiger partial charge in [0.25, 0.3) is 5.91 Å². The average molecular weight is 362 g/mol. The molecule has 1 heterocycles. The molecule has 0 saturated heterocycles. The fraction of sp³-hybridized carbons (Fsp3) is 0.190. The summed E-state index contributed by atoms with van der Waals surface area (Å²) in [7, 11) is 1.57. The molecule has 0 unspecified atom stereocenters. The van der Waals surface area contributed by atoms with E-state index in [0.29, 0.717) is 22.9 Å².